The molecule has 0 aliphatic rings. The van der Waals surface area contributed by atoms with E-state index in [4.69, 9.17) is 5.73 Å². The van der Waals surface area contributed by atoms with Crippen LogP contribution in [0.4, 0.5) is 0 Å². The summed E-state index contributed by atoms with van der Waals surface area (Å²) in [7, 11) is -3.61. The van der Waals surface area contributed by atoms with Gasteiger partial charge in [-0.25, -0.2) is 13.1 Å². The lowest BCUT2D eigenvalue weighted by Crippen LogP contribution is -2.33. The van der Waals surface area contributed by atoms with Crippen molar-refractivity contribution in [1.29, 1.82) is 0 Å². The number of H-pyrrole nitrogens is 1. The van der Waals surface area contributed by atoms with E-state index in [0.29, 0.717) is 5.56 Å². The van der Waals surface area contributed by atoms with Crippen molar-refractivity contribution in [3.63, 3.8) is 0 Å². The first kappa shape index (κ1) is 15.7. The minimum Gasteiger partial charge on any atom is -0.326 e. The van der Waals surface area contributed by atoms with E-state index in [1.54, 1.807) is 0 Å². The molecule has 0 spiro atoms. The fraction of sp³-hybridized carbons (Fsp3) is 0.357. The molecule has 1 aromatic heterocycles. The van der Waals surface area contributed by atoms with Crippen LogP contribution in [-0.2, 0) is 23.0 Å². The van der Waals surface area contributed by atoms with E-state index < -0.39 is 10.0 Å². The predicted octanol–water partition coefficient (Wildman–Crippen LogP) is 1.17. The van der Waals surface area contributed by atoms with Gasteiger partial charge in [-0.3, -0.25) is 5.10 Å². The molecule has 2 aromatic rings. The molecule has 6 nitrogen and oxygen atoms in total. The average molecular weight is 308 g/mol. The van der Waals surface area contributed by atoms with Crippen molar-refractivity contribution in [2.24, 2.45) is 5.73 Å². The molecule has 4 N–H and O–H groups in total. The van der Waals surface area contributed by atoms with Crippen LogP contribution < -0.4 is 10.5 Å². The van der Waals surface area contributed by atoms with Crippen molar-refractivity contribution >= 4 is 10.0 Å². The number of rotatable bonds is 7. The summed E-state index contributed by atoms with van der Waals surface area (Å²) in [6.45, 7) is 1.98. The highest BCUT2D eigenvalue weighted by Crippen LogP contribution is 2.13. The quantitative estimate of drug-likeness (QED) is 0.714. The van der Waals surface area contributed by atoms with Gasteiger partial charge in [0.25, 0.3) is 10.0 Å². The Kier molecular flexibility index (Phi) is 5.11. The van der Waals surface area contributed by atoms with Crippen LogP contribution in [0.15, 0.2) is 41.6 Å². The molecule has 2 rings (SSSR count). The van der Waals surface area contributed by atoms with Gasteiger partial charge in [-0.15, -0.1) is 0 Å². The van der Waals surface area contributed by atoms with Crippen LogP contribution in [0.5, 0.6) is 0 Å². The normalized spacial score (nSPS) is 13.2. The zero-order valence-corrected chi connectivity index (χ0v) is 12.7. The van der Waals surface area contributed by atoms with Crippen LogP contribution in [0, 0.1) is 0 Å². The monoisotopic (exact) mass is 308 g/mol. The van der Waals surface area contributed by atoms with Gasteiger partial charge < -0.3 is 5.73 Å². The zero-order chi connectivity index (χ0) is 15.3. The highest BCUT2D eigenvalue weighted by atomic mass is 32.2. The van der Waals surface area contributed by atoms with Crippen LogP contribution in [0.2, 0.25) is 0 Å². The third-order valence-corrected chi connectivity index (χ3v) is 4.84. The van der Waals surface area contributed by atoms with Gasteiger partial charge in [0, 0.05) is 18.2 Å². The van der Waals surface area contributed by atoms with Gasteiger partial charge in [0.2, 0.25) is 0 Å². The standard InChI is InChI=1S/C14H20N4O2S/c1-11(7-8-12-5-3-2-4-6-12)18-21(19,20)14-13(9-15)10-16-17-14/h2-6,10-11,18H,7-9,15H2,1H3,(H,16,17). The van der Waals surface area contributed by atoms with E-state index in [0.717, 1.165) is 12.8 Å². The van der Waals surface area contributed by atoms with Crippen molar-refractivity contribution in [3.05, 3.63) is 47.7 Å². The third-order valence-electron chi connectivity index (χ3n) is 3.23. The van der Waals surface area contributed by atoms with E-state index >= 15 is 0 Å². The van der Waals surface area contributed by atoms with Crippen molar-refractivity contribution in [3.8, 4) is 0 Å². The number of aromatic amines is 1. The highest BCUT2D eigenvalue weighted by Gasteiger charge is 2.22. The second-order valence-electron chi connectivity index (χ2n) is 4.98. The number of nitrogens with two attached hydrogens (primary N) is 1. The molecule has 0 aliphatic heterocycles. The van der Waals surface area contributed by atoms with Gasteiger partial charge in [-0.1, -0.05) is 30.3 Å². The van der Waals surface area contributed by atoms with Gasteiger partial charge in [-0.05, 0) is 25.3 Å². The Morgan fingerprint density at radius 2 is 2.05 bits per heavy atom. The van der Waals surface area contributed by atoms with Gasteiger partial charge in [0.15, 0.2) is 5.03 Å². The molecular formula is C14H20N4O2S. The molecule has 0 fully saturated rings. The number of hydrogen-bond donors (Lipinski definition) is 3. The third kappa shape index (κ3) is 4.13. The Labute approximate surface area is 124 Å². The number of benzene rings is 1. The molecule has 0 bridgehead atoms. The van der Waals surface area contributed by atoms with Crippen LogP contribution in [0.25, 0.3) is 0 Å². The van der Waals surface area contributed by atoms with E-state index in [9.17, 15) is 8.42 Å². The van der Waals surface area contributed by atoms with Crippen LogP contribution >= 0.6 is 0 Å². The molecule has 0 radical (unpaired) electrons. The Bertz CT molecular complexity index is 667. The Balaban J connectivity index is 1.97. The maximum atomic E-state index is 12.3. The number of nitrogens with one attached hydrogen (secondary N) is 2. The van der Waals surface area contributed by atoms with Gasteiger partial charge >= 0.3 is 0 Å². The largest absolute Gasteiger partial charge is 0.326 e. The van der Waals surface area contributed by atoms with Crippen molar-refractivity contribution in [2.75, 3.05) is 0 Å². The highest BCUT2D eigenvalue weighted by molar-refractivity contribution is 7.89. The molecular weight excluding hydrogens is 288 g/mol. The van der Waals surface area contributed by atoms with E-state index in [1.807, 2.05) is 37.3 Å². The molecule has 21 heavy (non-hydrogen) atoms. The number of nitrogens with zero attached hydrogens (tertiary/aromatic N) is 1. The number of sulfonamides is 1. The van der Waals surface area contributed by atoms with Crippen molar-refractivity contribution < 1.29 is 8.42 Å². The molecule has 114 valence electrons. The topological polar surface area (TPSA) is 101 Å². The van der Waals surface area contributed by atoms with Gasteiger partial charge in [-0.2, -0.15) is 5.10 Å². The van der Waals surface area contributed by atoms with Crippen molar-refractivity contribution in [1.82, 2.24) is 14.9 Å². The molecule has 7 heteroatoms. The number of aryl methyl sites for hydroxylation is 1. The van der Waals surface area contributed by atoms with E-state index in [1.165, 1.54) is 11.8 Å². The summed E-state index contributed by atoms with van der Waals surface area (Å²) in [5, 5.41) is 6.28. The second-order valence-corrected chi connectivity index (χ2v) is 6.63. The minimum atomic E-state index is -3.61. The molecule has 1 unspecified atom stereocenters. The summed E-state index contributed by atoms with van der Waals surface area (Å²) in [6.07, 6.45) is 2.97. The lowest BCUT2D eigenvalue weighted by Gasteiger charge is -2.14. The van der Waals surface area contributed by atoms with E-state index in [2.05, 4.69) is 14.9 Å². The predicted molar refractivity (Wildman–Crippen MR) is 81.0 cm³/mol. The van der Waals surface area contributed by atoms with Crippen LogP contribution in [0.1, 0.15) is 24.5 Å². The molecule has 0 saturated heterocycles. The fourth-order valence-electron chi connectivity index (χ4n) is 2.09. The summed E-state index contributed by atoms with van der Waals surface area (Å²) < 4.78 is 27.2. The summed E-state index contributed by atoms with van der Waals surface area (Å²) >= 11 is 0. The lowest BCUT2D eigenvalue weighted by atomic mass is 10.1. The SMILES string of the molecule is CC(CCc1ccccc1)NS(=O)(=O)c1[nH]ncc1CN. The summed E-state index contributed by atoms with van der Waals surface area (Å²) in [6, 6.07) is 9.79. The molecule has 1 atom stereocenters. The molecule has 0 aliphatic carbocycles. The first-order valence-electron chi connectivity index (χ1n) is 6.81. The minimum absolute atomic E-state index is 0.0524. The number of hydrogen-bond acceptors (Lipinski definition) is 4. The smallest absolute Gasteiger partial charge is 0.258 e. The average Bonchev–Trinajstić information content (AvgIpc) is 2.95. The first-order valence-corrected chi connectivity index (χ1v) is 8.30. The van der Waals surface area contributed by atoms with Crippen LogP contribution in [-0.4, -0.2) is 24.7 Å². The zero-order valence-electron chi connectivity index (χ0n) is 11.9. The lowest BCUT2D eigenvalue weighted by molar-refractivity contribution is 0.542. The maximum Gasteiger partial charge on any atom is 0.258 e. The molecule has 0 amide bonds. The summed E-state index contributed by atoms with van der Waals surface area (Å²) in [5.41, 5.74) is 7.18. The second kappa shape index (κ2) is 6.84. The fourth-order valence-corrected chi connectivity index (χ4v) is 3.51. The molecule has 1 aromatic carbocycles. The van der Waals surface area contributed by atoms with Crippen molar-refractivity contribution in [2.45, 2.75) is 37.4 Å². The first-order chi connectivity index (χ1) is 10.0. The van der Waals surface area contributed by atoms with E-state index in [-0.39, 0.29) is 17.6 Å². The summed E-state index contributed by atoms with van der Waals surface area (Å²) in [4.78, 5) is 0. The van der Waals surface area contributed by atoms with Crippen LogP contribution in [0.3, 0.4) is 0 Å². The maximum absolute atomic E-state index is 12.3. The Morgan fingerprint density at radius 1 is 1.33 bits per heavy atom. The Morgan fingerprint density at radius 3 is 2.71 bits per heavy atom. The number of aromatic nitrogens is 2. The molecule has 0 saturated carbocycles. The van der Waals surface area contributed by atoms with Gasteiger partial charge in [0.05, 0.1) is 6.20 Å². The van der Waals surface area contributed by atoms with Gasteiger partial charge in [0.1, 0.15) is 0 Å². The molecule has 1 heterocycles. The Hall–Kier alpha value is -1.70. The summed E-state index contributed by atoms with van der Waals surface area (Å²) in [5.74, 6) is 0.